The van der Waals surface area contributed by atoms with E-state index in [-0.39, 0.29) is 6.54 Å². The van der Waals surface area contributed by atoms with Gasteiger partial charge in [-0.3, -0.25) is 4.79 Å². The fourth-order valence-electron chi connectivity index (χ4n) is 1.76. The lowest BCUT2D eigenvalue weighted by Gasteiger charge is -2.15. The minimum Gasteiger partial charge on any atom is -0.480 e. The molecule has 0 unspecified atom stereocenters. The van der Waals surface area contributed by atoms with Crippen LogP contribution in [0.25, 0.3) is 5.57 Å². The standard InChI is InChI=1S/C11H9NO3/c13-7-8-5-12(6-11(14)15)10-4-2-1-3-9(8)10/h1-4H,5-6H2,(H,14,15). The van der Waals surface area contributed by atoms with Crippen LogP contribution in [0.1, 0.15) is 5.56 Å². The normalized spacial score (nSPS) is 13.6. The monoisotopic (exact) mass is 203 g/mol. The zero-order valence-corrected chi connectivity index (χ0v) is 7.93. The molecule has 0 aliphatic carbocycles. The fraction of sp³-hybridized carbons (Fsp3) is 0.182. The van der Waals surface area contributed by atoms with Crippen LogP contribution in [0.2, 0.25) is 0 Å². The van der Waals surface area contributed by atoms with Gasteiger partial charge in [-0.15, -0.1) is 0 Å². The van der Waals surface area contributed by atoms with E-state index in [1.54, 1.807) is 11.0 Å². The number of rotatable bonds is 2. The number of carboxylic acids is 1. The van der Waals surface area contributed by atoms with Crippen molar-refractivity contribution in [2.24, 2.45) is 0 Å². The molecule has 76 valence electrons. The lowest BCUT2D eigenvalue weighted by atomic mass is 10.1. The Bertz CT molecular complexity index is 461. The third-order valence-corrected chi connectivity index (χ3v) is 2.37. The van der Waals surface area contributed by atoms with Crippen LogP contribution in [0.3, 0.4) is 0 Å². The van der Waals surface area contributed by atoms with Crippen LogP contribution in [0, 0.1) is 0 Å². The van der Waals surface area contributed by atoms with Crippen LogP contribution >= 0.6 is 0 Å². The summed E-state index contributed by atoms with van der Waals surface area (Å²) in [7, 11) is 0. The first-order valence-corrected chi connectivity index (χ1v) is 4.52. The van der Waals surface area contributed by atoms with Crippen molar-refractivity contribution in [1.29, 1.82) is 0 Å². The summed E-state index contributed by atoms with van der Waals surface area (Å²) in [6, 6.07) is 7.25. The van der Waals surface area contributed by atoms with Crippen LogP contribution < -0.4 is 4.90 Å². The van der Waals surface area contributed by atoms with Crippen molar-refractivity contribution in [3.63, 3.8) is 0 Å². The second-order valence-corrected chi connectivity index (χ2v) is 3.35. The molecule has 0 fully saturated rings. The Kier molecular flexibility index (Phi) is 2.27. The molecule has 0 saturated heterocycles. The molecule has 0 amide bonds. The Hall–Kier alpha value is -2.06. The van der Waals surface area contributed by atoms with Crippen LogP contribution in [-0.4, -0.2) is 30.1 Å². The summed E-state index contributed by atoms with van der Waals surface area (Å²) >= 11 is 0. The van der Waals surface area contributed by atoms with Gasteiger partial charge in [0.15, 0.2) is 0 Å². The van der Waals surface area contributed by atoms with E-state index < -0.39 is 5.97 Å². The van der Waals surface area contributed by atoms with E-state index in [1.165, 1.54) is 0 Å². The van der Waals surface area contributed by atoms with E-state index in [0.29, 0.717) is 12.1 Å². The third kappa shape index (κ3) is 1.63. The highest BCUT2D eigenvalue weighted by Crippen LogP contribution is 2.33. The highest BCUT2D eigenvalue weighted by molar-refractivity contribution is 5.99. The number of fused-ring (bicyclic) bond motifs is 1. The van der Waals surface area contributed by atoms with Gasteiger partial charge in [-0.25, -0.2) is 4.79 Å². The summed E-state index contributed by atoms with van der Waals surface area (Å²) in [6.45, 7) is 0.233. The summed E-state index contributed by atoms with van der Waals surface area (Å²) in [5, 5.41) is 8.71. The van der Waals surface area contributed by atoms with Crippen molar-refractivity contribution in [3.05, 3.63) is 29.8 Å². The molecule has 0 aromatic heterocycles. The van der Waals surface area contributed by atoms with E-state index in [1.807, 2.05) is 24.1 Å². The highest BCUT2D eigenvalue weighted by Gasteiger charge is 2.25. The Balaban J connectivity index is 2.42. The molecule has 1 aromatic carbocycles. The molecule has 15 heavy (non-hydrogen) atoms. The average molecular weight is 203 g/mol. The van der Waals surface area contributed by atoms with Gasteiger partial charge in [-0.2, -0.15) is 0 Å². The molecule has 4 nitrogen and oxygen atoms in total. The SMILES string of the molecule is O=C=C1CN(CC(=O)O)c2ccccc21. The van der Waals surface area contributed by atoms with Gasteiger partial charge in [-0.1, -0.05) is 18.2 Å². The summed E-state index contributed by atoms with van der Waals surface area (Å²) in [5.74, 6) is 0.950. The Morgan fingerprint density at radius 2 is 2.20 bits per heavy atom. The average Bonchev–Trinajstić information content (AvgIpc) is 2.56. The quantitative estimate of drug-likeness (QED) is 0.722. The number of aliphatic carboxylic acids is 1. The maximum atomic E-state index is 10.7. The molecule has 1 aliphatic heterocycles. The van der Waals surface area contributed by atoms with Gasteiger partial charge in [-0.05, 0) is 6.07 Å². The van der Waals surface area contributed by atoms with E-state index in [9.17, 15) is 9.59 Å². The Labute approximate surface area is 86.4 Å². The van der Waals surface area contributed by atoms with Crippen molar-refractivity contribution in [2.45, 2.75) is 0 Å². The Morgan fingerprint density at radius 3 is 2.87 bits per heavy atom. The molecule has 2 rings (SSSR count). The fourth-order valence-corrected chi connectivity index (χ4v) is 1.76. The van der Waals surface area contributed by atoms with Crippen molar-refractivity contribution in [1.82, 2.24) is 0 Å². The van der Waals surface area contributed by atoms with E-state index in [4.69, 9.17) is 5.11 Å². The number of benzene rings is 1. The number of carbonyl (C=O) groups excluding carboxylic acids is 1. The second-order valence-electron chi connectivity index (χ2n) is 3.35. The van der Waals surface area contributed by atoms with Gasteiger partial charge in [0.2, 0.25) is 0 Å². The zero-order chi connectivity index (χ0) is 10.8. The molecule has 4 heteroatoms. The predicted octanol–water partition coefficient (Wildman–Crippen LogP) is 0.806. The topological polar surface area (TPSA) is 57.6 Å². The van der Waals surface area contributed by atoms with Gasteiger partial charge in [0, 0.05) is 11.3 Å². The minimum absolute atomic E-state index is 0.0950. The molecule has 0 atom stereocenters. The molecule has 0 bridgehead atoms. The summed E-state index contributed by atoms with van der Waals surface area (Å²) < 4.78 is 0. The number of nitrogens with zero attached hydrogens (tertiary/aromatic N) is 1. The van der Waals surface area contributed by atoms with Crippen LogP contribution in [0.4, 0.5) is 5.69 Å². The summed E-state index contributed by atoms with van der Waals surface area (Å²) in [4.78, 5) is 22.9. The molecule has 0 radical (unpaired) electrons. The molecule has 1 heterocycles. The highest BCUT2D eigenvalue weighted by atomic mass is 16.4. The van der Waals surface area contributed by atoms with Crippen molar-refractivity contribution < 1.29 is 14.7 Å². The molecule has 1 aliphatic rings. The minimum atomic E-state index is -0.906. The van der Waals surface area contributed by atoms with E-state index in [0.717, 1.165) is 11.3 Å². The molecule has 1 aromatic rings. The number of anilines is 1. The maximum Gasteiger partial charge on any atom is 0.323 e. The number of hydrogen-bond donors (Lipinski definition) is 1. The van der Waals surface area contributed by atoms with E-state index in [2.05, 4.69) is 0 Å². The maximum absolute atomic E-state index is 10.7. The van der Waals surface area contributed by atoms with Crippen LogP contribution in [0.5, 0.6) is 0 Å². The van der Waals surface area contributed by atoms with Crippen molar-refractivity contribution in [2.75, 3.05) is 18.0 Å². The first-order valence-electron chi connectivity index (χ1n) is 4.52. The van der Waals surface area contributed by atoms with Gasteiger partial charge in [0.1, 0.15) is 12.5 Å². The van der Waals surface area contributed by atoms with Gasteiger partial charge < -0.3 is 10.0 Å². The second kappa shape index (κ2) is 3.59. The Morgan fingerprint density at radius 1 is 1.47 bits per heavy atom. The third-order valence-electron chi connectivity index (χ3n) is 2.37. The van der Waals surface area contributed by atoms with Gasteiger partial charge in [0.05, 0.1) is 12.1 Å². The van der Waals surface area contributed by atoms with Crippen LogP contribution in [-0.2, 0) is 9.59 Å². The predicted molar refractivity (Wildman–Crippen MR) is 55.4 cm³/mol. The van der Waals surface area contributed by atoms with Gasteiger partial charge >= 0.3 is 5.97 Å². The van der Waals surface area contributed by atoms with E-state index >= 15 is 0 Å². The smallest absolute Gasteiger partial charge is 0.323 e. The zero-order valence-electron chi connectivity index (χ0n) is 7.93. The molecule has 1 N–H and O–H groups in total. The summed E-state index contributed by atoms with van der Waals surface area (Å²) in [6.07, 6.45) is 0. The summed E-state index contributed by atoms with van der Waals surface area (Å²) in [5.41, 5.74) is 2.10. The lowest BCUT2D eigenvalue weighted by Crippen LogP contribution is -2.27. The van der Waals surface area contributed by atoms with Crippen molar-refractivity contribution in [3.8, 4) is 0 Å². The lowest BCUT2D eigenvalue weighted by molar-refractivity contribution is -0.135. The molecular weight excluding hydrogens is 194 g/mol. The first-order chi connectivity index (χ1) is 7.22. The van der Waals surface area contributed by atoms with Gasteiger partial charge in [0.25, 0.3) is 0 Å². The molecule has 0 saturated carbocycles. The number of carbonyl (C=O) groups is 1. The number of carboxylic acid groups (broad SMARTS) is 1. The molecular formula is C11H9NO3. The number of para-hydroxylation sites is 1. The first kappa shape index (κ1) is 9.49. The number of hydrogen-bond acceptors (Lipinski definition) is 3. The molecule has 0 spiro atoms. The van der Waals surface area contributed by atoms with Crippen molar-refractivity contribution >= 4 is 23.2 Å². The van der Waals surface area contributed by atoms with Crippen LogP contribution in [0.15, 0.2) is 24.3 Å². The largest absolute Gasteiger partial charge is 0.480 e.